The molecule has 8 nitrogen and oxygen atoms in total. The lowest BCUT2D eigenvalue weighted by molar-refractivity contribution is -0.138. The van der Waals surface area contributed by atoms with Crippen molar-refractivity contribution in [3.63, 3.8) is 0 Å². The molecular formula is C18H17Cl2N5O3. The van der Waals surface area contributed by atoms with Gasteiger partial charge in [0.2, 0.25) is 5.91 Å². The van der Waals surface area contributed by atoms with Crippen LogP contribution >= 0.6 is 23.2 Å². The molecule has 1 unspecified atom stereocenters. The lowest BCUT2D eigenvalue weighted by Crippen LogP contribution is -2.45. The van der Waals surface area contributed by atoms with Crippen LogP contribution in [0.15, 0.2) is 18.2 Å². The summed E-state index contributed by atoms with van der Waals surface area (Å²) in [7, 11) is 0. The number of carbonyl (C=O) groups is 3. The van der Waals surface area contributed by atoms with E-state index in [1.807, 2.05) is 12.1 Å². The highest BCUT2D eigenvalue weighted by Crippen LogP contribution is 2.34. The third kappa shape index (κ3) is 4.36. The number of hydrogen-bond acceptors (Lipinski definition) is 5. The van der Waals surface area contributed by atoms with Gasteiger partial charge < -0.3 is 10.2 Å². The van der Waals surface area contributed by atoms with Gasteiger partial charge >= 0.3 is 6.03 Å². The van der Waals surface area contributed by atoms with E-state index in [1.54, 1.807) is 12.1 Å². The molecule has 1 heterocycles. The summed E-state index contributed by atoms with van der Waals surface area (Å²) in [6.07, 6.45) is 0.158. The molecule has 1 saturated heterocycles. The molecule has 0 radical (unpaired) electrons. The molecule has 1 aliphatic rings. The Morgan fingerprint density at radius 2 is 1.82 bits per heavy atom. The molecule has 1 aromatic carbocycles. The smallest absolute Gasteiger partial charge is 0.325 e. The molecule has 1 atom stereocenters. The van der Waals surface area contributed by atoms with Crippen molar-refractivity contribution in [1.29, 1.82) is 10.5 Å². The lowest BCUT2D eigenvalue weighted by atomic mass is 9.92. The maximum Gasteiger partial charge on any atom is 0.325 e. The molecule has 1 fully saturated rings. The molecule has 1 aliphatic heterocycles. The van der Waals surface area contributed by atoms with Gasteiger partial charge in [0.05, 0.1) is 25.0 Å². The van der Waals surface area contributed by atoms with Gasteiger partial charge in [0, 0.05) is 28.7 Å². The highest BCUT2D eigenvalue weighted by molar-refractivity contribution is 6.35. The molecule has 0 bridgehead atoms. The van der Waals surface area contributed by atoms with Gasteiger partial charge in [-0.3, -0.25) is 14.5 Å². The fraction of sp³-hybridized carbons (Fsp3) is 0.389. The van der Waals surface area contributed by atoms with Crippen molar-refractivity contribution < 1.29 is 14.4 Å². The van der Waals surface area contributed by atoms with Crippen LogP contribution in [-0.2, 0) is 15.1 Å². The quantitative estimate of drug-likeness (QED) is 0.678. The topological polar surface area (TPSA) is 117 Å². The molecule has 146 valence electrons. The van der Waals surface area contributed by atoms with Crippen molar-refractivity contribution in [2.75, 3.05) is 19.6 Å². The maximum atomic E-state index is 12.9. The Labute approximate surface area is 172 Å². The standard InChI is InChI=1S/C18H17Cl2N5O3/c1-18(13-5-4-12(19)10-14(13)20)16(27)25(17(28)23-18)11-15(26)24(8-2-6-21)9-3-7-22/h4-5,10H,2-3,8-9,11H2,1H3,(H,23,28). The summed E-state index contributed by atoms with van der Waals surface area (Å²) in [5.74, 6) is -1.16. The second-order valence-corrected chi connectivity index (χ2v) is 7.11. The molecule has 10 heteroatoms. The van der Waals surface area contributed by atoms with Crippen LogP contribution in [-0.4, -0.2) is 47.3 Å². The third-order valence-electron chi connectivity index (χ3n) is 4.38. The number of nitrogens with zero attached hydrogens (tertiary/aromatic N) is 4. The van der Waals surface area contributed by atoms with Crippen LogP contribution in [0.1, 0.15) is 25.3 Å². The summed E-state index contributed by atoms with van der Waals surface area (Å²) in [5, 5.41) is 20.6. The molecule has 1 aromatic rings. The predicted octanol–water partition coefficient (Wildman–Crippen LogP) is 2.42. The van der Waals surface area contributed by atoms with Gasteiger partial charge in [0.1, 0.15) is 12.1 Å². The van der Waals surface area contributed by atoms with Gasteiger partial charge in [-0.25, -0.2) is 4.79 Å². The monoisotopic (exact) mass is 421 g/mol. The van der Waals surface area contributed by atoms with E-state index in [4.69, 9.17) is 33.7 Å². The Morgan fingerprint density at radius 1 is 1.21 bits per heavy atom. The summed E-state index contributed by atoms with van der Waals surface area (Å²) in [6, 6.07) is 7.67. The number of nitriles is 2. The summed E-state index contributed by atoms with van der Waals surface area (Å²) in [6.45, 7) is 1.22. The van der Waals surface area contributed by atoms with Gasteiger partial charge in [-0.2, -0.15) is 10.5 Å². The zero-order chi connectivity index (χ0) is 20.9. The maximum absolute atomic E-state index is 12.9. The third-order valence-corrected chi connectivity index (χ3v) is 4.93. The number of carbonyl (C=O) groups excluding carboxylic acids is 3. The minimum Gasteiger partial charge on any atom is -0.339 e. The molecule has 4 amide bonds. The number of amides is 4. The first-order valence-electron chi connectivity index (χ1n) is 8.36. The van der Waals surface area contributed by atoms with Crippen molar-refractivity contribution in [1.82, 2.24) is 15.1 Å². The van der Waals surface area contributed by atoms with Crippen LogP contribution in [0.3, 0.4) is 0 Å². The molecular weight excluding hydrogens is 405 g/mol. The Morgan fingerprint density at radius 3 is 2.36 bits per heavy atom. The van der Waals surface area contributed by atoms with Crippen LogP contribution in [0.25, 0.3) is 0 Å². The van der Waals surface area contributed by atoms with E-state index in [0.29, 0.717) is 10.6 Å². The second kappa shape index (κ2) is 8.92. The van der Waals surface area contributed by atoms with Crippen LogP contribution in [0, 0.1) is 22.7 Å². The fourth-order valence-electron chi connectivity index (χ4n) is 2.88. The van der Waals surface area contributed by atoms with Gasteiger partial charge in [-0.15, -0.1) is 0 Å². The summed E-state index contributed by atoms with van der Waals surface area (Å²) >= 11 is 12.1. The number of hydrogen-bond donors (Lipinski definition) is 1. The molecule has 2 rings (SSSR count). The number of rotatable bonds is 7. The van der Waals surface area contributed by atoms with Crippen LogP contribution < -0.4 is 5.32 Å². The fourth-order valence-corrected chi connectivity index (χ4v) is 3.48. The molecule has 0 spiro atoms. The normalized spacial score (nSPS) is 18.4. The van der Waals surface area contributed by atoms with Gasteiger partial charge in [0.15, 0.2) is 0 Å². The Kier molecular flexibility index (Phi) is 6.85. The zero-order valence-electron chi connectivity index (χ0n) is 15.0. The molecule has 0 aliphatic carbocycles. The van der Waals surface area contributed by atoms with Crippen molar-refractivity contribution in [2.45, 2.75) is 25.3 Å². The van der Waals surface area contributed by atoms with E-state index < -0.39 is 29.9 Å². The van der Waals surface area contributed by atoms with Crippen LogP contribution in [0.2, 0.25) is 10.0 Å². The largest absolute Gasteiger partial charge is 0.339 e. The summed E-state index contributed by atoms with van der Waals surface area (Å²) < 4.78 is 0. The van der Waals surface area contributed by atoms with Gasteiger partial charge in [0.25, 0.3) is 5.91 Å². The molecule has 1 N–H and O–H groups in total. The first kappa shape index (κ1) is 21.5. The first-order chi connectivity index (χ1) is 13.2. The summed E-state index contributed by atoms with van der Waals surface area (Å²) in [5.41, 5.74) is -1.08. The Balaban J connectivity index is 2.21. The van der Waals surface area contributed by atoms with E-state index in [1.165, 1.54) is 17.9 Å². The first-order valence-corrected chi connectivity index (χ1v) is 9.11. The van der Waals surface area contributed by atoms with Gasteiger partial charge in [-0.1, -0.05) is 29.3 Å². The van der Waals surface area contributed by atoms with E-state index in [0.717, 1.165) is 4.90 Å². The van der Waals surface area contributed by atoms with E-state index in [9.17, 15) is 14.4 Å². The van der Waals surface area contributed by atoms with E-state index >= 15 is 0 Å². The lowest BCUT2D eigenvalue weighted by Gasteiger charge is -2.25. The number of urea groups is 1. The predicted molar refractivity (Wildman–Crippen MR) is 101 cm³/mol. The van der Waals surface area contributed by atoms with Crippen molar-refractivity contribution in [3.05, 3.63) is 33.8 Å². The zero-order valence-corrected chi connectivity index (χ0v) is 16.5. The van der Waals surface area contributed by atoms with E-state index in [-0.39, 0.29) is 31.0 Å². The average Bonchev–Trinajstić information content (AvgIpc) is 2.85. The minimum atomic E-state index is -1.44. The molecule has 0 saturated carbocycles. The number of halogens is 2. The van der Waals surface area contributed by atoms with Crippen molar-refractivity contribution >= 4 is 41.0 Å². The van der Waals surface area contributed by atoms with Crippen LogP contribution in [0.4, 0.5) is 4.79 Å². The Hall–Kier alpha value is -2.81. The number of benzene rings is 1. The average molecular weight is 422 g/mol. The van der Waals surface area contributed by atoms with Crippen molar-refractivity contribution in [3.8, 4) is 12.1 Å². The highest BCUT2D eigenvalue weighted by atomic mass is 35.5. The molecule has 28 heavy (non-hydrogen) atoms. The number of imide groups is 1. The SMILES string of the molecule is CC1(c2ccc(Cl)cc2Cl)NC(=O)N(CC(=O)N(CCC#N)CCC#N)C1=O. The highest BCUT2D eigenvalue weighted by Gasteiger charge is 2.50. The minimum absolute atomic E-state index is 0.0788. The van der Waals surface area contributed by atoms with E-state index in [2.05, 4.69) is 5.32 Å². The van der Waals surface area contributed by atoms with Gasteiger partial charge in [-0.05, 0) is 19.1 Å². The summed E-state index contributed by atoms with van der Waals surface area (Å²) in [4.78, 5) is 40.0. The number of nitrogens with one attached hydrogen (secondary N) is 1. The van der Waals surface area contributed by atoms with Crippen LogP contribution in [0.5, 0.6) is 0 Å². The molecule has 0 aromatic heterocycles. The Bertz CT molecular complexity index is 874. The second-order valence-electron chi connectivity index (χ2n) is 6.27. The van der Waals surface area contributed by atoms with Crippen molar-refractivity contribution in [2.24, 2.45) is 0 Å².